The van der Waals surface area contributed by atoms with Crippen molar-refractivity contribution in [3.05, 3.63) is 78.4 Å². The number of sulfone groups is 1. The van der Waals surface area contributed by atoms with Crippen LogP contribution >= 0.6 is 0 Å². The van der Waals surface area contributed by atoms with Gasteiger partial charge in [-0.3, -0.25) is 15.3 Å². The lowest BCUT2D eigenvalue weighted by atomic mass is 10.2. The summed E-state index contributed by atoms with van der Waals surface area (Å²) in [7, 11) is -3.63. The molecule has 0 aliphatic carbocycles. The molecule has 146 valence electrons. The highest BCUT2D eigenvalue weighted by Crippen LogP contribution is 2.21. The van der Waals surface area contributed by atoms with Crippen LogP contribution in [0.25, 0.3) is 0 Å². The fraction of sp³-hybridized carbons (Fsp3) is 0.100. The predicted molar refractivity (Wildman–Crippen MR) is 109 cm³/mol. The number of hydrogen-bond acceptors (Lipinski definition) is 6. The number of nitriles is 1. The molecule has 0 radical (unpaired) electrons. The number of anilines is 1. The highest BCUT2D eigenvalue weighted by molar-refractivity contribution is 7.91. The number of nitrogens with one attached hydrogen (secondary N) is 2. The lowest BCUT2D eigenvalue weighted by molar-refractivity contribution is 0.595. The molecule has 3 aromatic rings. The highest BCUT2D eigenvalue weighted by Gasteiger charge is 2.18. The normalized spacial score (nSPS) is 11.5. The Morgan fingerprint density at radius 2 is 1.79 bits per heavy atom. The molecule has 0 spiro atoms. The van der Waals surface area contributed by atoms with Crippen LogP contribution in [0.1, 0.15) is 11.1 Å². The van der Waals surface area contributed by atoms with Crippen LogP contribution in [0.15, 0.2) is 82.0 Å². The molecular weight excluding hydrogens is 388 g/mol. The number of nitrogens with zero attached hydrogens (tertiary/aromatic N) is 4. The molecule has 29 heavy (non-hydrogen) atoms. The van der Waals surface area contributed by atoms with Crippen molar-refractivity contribution in [2.45, 2.75) is 23.3 Å². The Balaban J connectivity index is 1.75. The van der Waals surface area contributed by atoms with E-state index in [2.05, 4.69) is 25.6 Å². The average Bonchev–Trinajstić information content (AvgIpc) is 2.73. The van der Waals surface area contributed by atoms with E-state index in [0.29, 0.717) is 0 Å². The minimum absolute atomic E-state index is 0.158. The number of hydrogen-bond donors (Lipinski definition) is 2. The van der Waals surface area contributed by atoms with E-state index in [9.17, 15) is 8.42 Å². The van der Waals surface area contributed by atoms with Gasteiger partial charge in [0.1, 0.15) is 0 Å². The van der Waals surface area contributed by atoms with Gasteiger partial charge in [0, 0.05) is 30.5 Å². The minimum Gasteiger partial charge on any atom is -0.325 e. The van der Waals surface area contributed by atoms with Crippen molar-refractivity contribution in [2.24, 2.45) is 4.99 Å². The molecule has 1 aromatic carbocycles. The van der Waals surface area contributed by atoms with Gasteiger partial charge in [-0.05, 0) is 48.4 Å². The number of pyridine rings is 2. The van der Waals surface area contributed by atoms with Gasteiger partial charge in [-0.1, -0.05) is 12.1 Å². The van der Waals surface area contributed by atoms with Crippen molar-refractivity contribution in [2.75, 3.05) is 5.32 Å². The molecule has 0 amide bonds. The maximum Gasteiger partial charge on any atom is 0.209 e. The molecule has 2 aromatic heterocycles. The van der Waals surface area contributed by atoms with Gasteiger partial charge < -0.3 is 5.32 Å². The third kappa shape index (κ3) is 5.15. The zero-order chi connectivity index (χ0) is 20.7. The number of rotatable bonds is 5. The van der Waals surface area contributed by atoms with Crippen LogP contribution in [0, 0.1) is 18.4 Å². The van der Waals surface area contributed by atoms with Crippen molar-refractivity contribution in [1.29, 1.82) is 5.26 Å². The molecule has 8 nitrogen and oxygen atoms in total. The van der Waals surface area contributed by atoms with E-state index in [1.165, 1.54) is 18.3 Å². The number of aromatic nitrogens is 2. The maximum absolute atomic E-state index is 12.7. The number of benzene rings is 1. The molecule has 0 saturated carbocycles. The fourth-order valence-corrected chi connectivity index (χ4v) is 3.80. The first-order valence-electron chi connectivity index (χ1n) is 8.61. The second-order valence-corrected chi connectivity index (χ2v) is 8.06. The van der Waals surface area contributed by atoms with Gasteiger partial charge in [0.05, 0.1) is 16.3 Å². The zero-order valence-corrected chi connectivity index (χ0v) is 16.4. The molecule has 0 fully saturated rings. The first-order chi connectivity index (χ1) is 14.0. The molecule has 2 heterocycles. The Kier molecular flexibility index (Phi) is 6.16. The van der Waals surface area contributed by atoms with Crippen LogP contribution in [0.5, 0.6) is 0 Å². The quantitative estimate of drug-likeness (QED) is 0.289. The molecule has 0 saturated heterocycles. The Hall–Kier alpha value is -3.77. The summed E-state index contributed by atoms with van der Waals surface area (Å²) >= 11 is 0. The molecule has 0 aliphatic heterocycles. The molecular formula is C20H18N6O2S. The zero-order valence-electron chi connectivity index (χ0n) is 15.6. The van der Waals surface area contributed by atoms with Crippen LogP contribution in [-0.2, 0) is 16.4 Å². The van der Waals surface area contributed by atoms with Gasteiger partial charge in [-0.2, -0.15) is 5.26 Å². The molecule has 0 unspecified atom stereocenters. The summed E-state index contributed by atoms with van der Waals surface area (Å²) in [6, 6.07) is 11.5. The largest absolute Gasteiger partial charge is 0.325 e. The summed E-state index contributed by atoms with van der Waals surface area (Å²) in [5.74, 6) is 0.279. The van der Waals surface area contributed by atoms with E-state index in [1.54, 1.807) is 55.8 Å². The Bertz CT molecular complexity index is 1150. The third-order valence-electron chi connectivity index (χ3n) is 3.93. The van der Waals surface area contributed by atoms with Crippen LogP contribution in [-0.4, -0.2) is 24.3 Å². The van der Waals surface area contributed by atoms with E-state index in [1.807, 2.05) is 6.19 Å². The number of aliphatic imine (C=N–C) groups is 1. The van der Waals surface area contributed by atoms with Gasteiger partial charge in [0.2, 0.25) is 15.8 Å². The van der Waals surface area contributed by atoms with Gasteiger partial charge in [0.15, 0.2) is 6.19 Å². The minimum atomic E-state index is -3.63. The summed E-state index contributed by atoms with van der Waals surface area (Å²) in [5, 5.41) is 14.4. The van der Waals surface area contributed by atoms with E-state index >= 15 is 0 Å². The Morgan fingerprint density at radius 3 is 2.45 bits per heavy atom. The van der Waals surface area contributed by atoms with Crippen molar-refractivity contribution in [3.63, 3.8) is 0 Å². The third-order valence-corrected chi connectivity index (χ3v) is 5.67. The highest BCUT2D eigenvalue weighted by atomic mass is 32.2. The van der Waals surface area contributed by atoms with Gasteiger partial charge >= 0.3 is 0 Å². The van der Waals surface area contributed by atoms with Gasteiger partial charge in [-0.25, -0.2) is 13.4 Å². The molecule has 0 atom stereocenters. The van der Waals surface area contributed by atoms with Crippen molar-refractivity contribution in [3.8, 4) is 6.19 Å². The van der Waals surface area contributed by atoms with E-state index in [4.69, 9.17) is 5.26 Å². The van der Waals surface area contributed by atoms with Crippen LogP contribution in [0.3, 0.4) is 0 Å². The van der Waals surface area contributed by atoms with E-state index in [-0.39, 0.29) is 22.3 Å². The molecule has 2 N–H and O–H groups in total. The Morgan fingerprint density at radius 1 is 1.07 bits per heavy atom. The number of aryl methyl sites for hydroxylation is 1. The molecule has 3 rings (SSSR count). The van der Waals surface area contributed by atoms with Crippen LogP contribution < -0.4 is 10.6 Å². The maximum atomic E-state index is 12.7. The van der Waals surface area contributed by atoms with Gasteiger partial charge in [0.25, 0.3) is 0 Å². The second kappa shape index (κ2) is 8.95. The Labute approximate surface area is 168 Å². The predicted octanol–water partition coefficient (Wildman–Crippen LogP) is 2.66. The van der Waals surface area contributed by atoms with E-state index in [0.717, 1.165) is 16.8 Å². The van der Waals surface area contributed by atoms with Crippen molar-refractivity contribution < 1.29 is 8.42 Å². The summed E-state index contributed by atoms with van der Waals surface area (Å²) < 4.78 is 25.4. The monoisotopic (exact) mass is 406 g/mol. The summed E-state index contributed by atoms with van der Waals surface area (Å²) in [6.07, 6.45) is 8.02. The molecule has 0 bridgehead atoms. The lowest BCUT2D eigenvalue weighted by Gasteiger charge is -2.08. The average molecular weight is 406 g/mol. The van der Waals surface area contributed by atoms with Crippen molar-refractivity contribution >= 4 is 21.5 Å². The topological polar surface area (TPSA) is 120 Å². The van der Waals surface area contributed by atoms with E-state index < -0.39 is 9.84 Å². The second-order valence-electron chi connectivity index (χ2n) is 6.11. The molecule has 0 aliphatic rings. The molecule has 9 heteroatoms. The smallest absolute Gasteiger partial charge is 0.209 e. The summed E-state index contributed by atoms with van der Waals surface area (Å²) in [5.41, 5.74) is 2.30. The number of guanidine groups is 1. The van der Waals surface area contributed by atoms with Crippen molar-refractivity contribution in [1.82, 2.24) is 15.3 Å². The standard InChI is InChI=1S/C20H18N6O2S/c1-15-10-19(13-23-11-15)29(27,28)18-4-2-16(3-5-18)12-24-20(25-14-21)26-17-6-8-22-9-7-17/h2-11,13H,12H2,1H3,(H2,22,24,25,26). The van der Waals surface area contributed by atoms with Crippen LogP contribution in [0.2, 0.25) is 0 Å². The lowest BCUT2D eigenvalue weighted by Crippen LogP contribution is -2.26. The first kappa shape index (κ1) is 20.0. The van der Waals surface area contributed by atoms with Crippen LogP contribution in [0.4, 0.5) is 5.69 Å². The SMILES string of the molecule is Cc1cncc(S(=O)(=O)c2ccc(CN=C(NC#N)Nc3ccncc3)cc2)c1. The first-order valence-corrected chi connectivity index (χ1v) is 10.1. The summed E-state index contributed by atoms with van der Waals surface area (Å²) in [4.78, 5) is 12.6. The summed E-state index contributed by atoms with van der Waals surface area (Å²) in [6.45, 7) is 2.05. The fourth-order valence-electron chi connectivity index (χ4n) is 2.49. The van der Waals surface area contributed by atoms with Gasteiger partial charge in [-0.15, -0.1) is 0 Å².